The highest BCUT2D eigenvalue weighted by molar-refractivity contribution is 5.95. The van der Waals surface area contributed by atoms with Crippen LogP contribution in [-0.4, -0.2) is 21.6 Å². The minimum absolute atomic E-state index is 0.143. The Bertz CT molecular complexity index is 958. The fourth-order valence-corrected chi connectivity index (χ4v) is 2.99. The quantitative estimate of drug-likeness (QED) is 0.702. The van der Waals surface area contributed by atoms with E-state index >= 15 is 0 Å². The Morgan fingerprint density at radius 3 is 2.44 bits per heavy atom. The van der Waals surface area contributed by atoms with E-state index in [1.165, 1.54) is 6.92 Å². The van der Waals surface area contributed by atoms with Crippen LogP contribution in [0, 0.1) is 5.92 Å². The van der Waals surface area contributed by atoms with Crippen molar-refractivity contribution in [3.05, 3.63) is 59.8 Å². The van der Waals surface area contributed by atoms with Crippen molar-refractivity contribution in [2.75, 3.05) is 5.32 Å². The Morgan fingerprint density at radius 2 is 1.78 bits per heavy atom. The molecule has 140 valence electrons. The van der Waals surface area contributed by atoms with E-state index in [1.807, 2.05) is 22.9 Å². The van der Waals surface area contributed by atoms with Gasteiger partial charge in [0.1, 0.15) is 0 Å². The average molecular weight is 364 g/mol. The standard InChI is InChI=1S/C21H24N4O2/c1-14(2)13-25-20-7-5-4-6-18(20)19(24-25)12-22-21(27)16-8-10-17(11-9-16)23-15(3)26/h4-11,14H,12-13H2,1-3H3,(H,22,27)(H,23,26). The summed E-state index contributed by atoms with van der Waals surface area (Å²) in [6.07, 6.45) is 0. The smallest absolute Gasteiger partial charge is 0.251 e. The Balaban J connectivity index is 1.72. The summed E-state index contributed by atoms with van der Waals surface area (Å²) >= 11 is 0. The zero-order chi connectivity index (χ0) is 19.4. The molecule has 0 saturated heterocycles. The lowest BCUT2D eigenvalue weighted by Crippen LogP contribution is -2.23. The number of aromatic nitrogens is 2. The van der Waals surface area contributed by atoms with Gasteiger partial charge in [0.15, 0.2) is 0 Å². The lowest BCUT2D eigenvalue weighted by atomic mass is 10.1. The third-order valence-corrected chi connectivity index (χ3v) is 4.16. The van der Waals surface area contributed by atoms with Crippen molar-refractivity contribution < 1.29 is 9.59 Å². The Hall–Kier alpha value is -3.15. The van der Waals surface area contributed by atoms with Crippen LogP contribution in [0.2, 0.25) is 0 Å². The van der Waals surface area contributed by atoms with Gasteiger partial charge in [-0.15, -0.1) is 0 Å². The summed E-state index contributed by atoms with van der Waals surface area (Å²) in [5, 5.41) is 11.4. The topological polar surface area (TPSA) is 76.0 Å². The highest BCUT2D eigenvalue weighted by Crippen LogP contribution is 2.19. The van der Waals surface area contributed by atoms with E-state index in [-0.39, 0.29) is 11.8 Å². The Kier molecular flexibility index (Phi) is 5.54. The molecule has 2 amide bonds. The van der Waals surface area contributed by atoms with E-state index in [2.05, 4.69) is 30.5 Å². The maximum absolute atomic E-state index is 12.4. The van der Waals surface area contributed by atoms with Gasteiger partial charge in [0.2, 0.25) is 5.91 Å². The largest absolute Gasteiger partial charge is 0.346 e. The fourth-order valence-electron chi connectivity index (χ4n) is 2.99. The van der Waals surface area contributed by atoms with Crippen LogP contribution in [0.15, 0.2) is 48.5 Å². The van der Waals surface area contributed by atoms with Gasteiger partial charge in [0.05, 0.1) is 17.8 Å². The van der Waals surface area contributed by atoms with E-state index in [0.29, 0.717) is 23.7 Å². The molecular formula is C21H24N4O2. The fraction of sp³-hybridized carbons (Fsp3) is 0.286. The van der Waals surface area contributed by atoms with Gasteiger partial charge >= 0.3 is 0 Å². The number of nitrogens with one attached hydrogen (secondary N) is 2. The number of fused-ring (bicyclic) bond motifs is 1. The summed E-state index contributed by atoms with van der Waals surface area (Å²) in [7, 11) is 0. The van der Waals surface area contributed by atoms with E-state index in [9.17, 15) is 9.59 Å². The number of nitrogens with zero attached hydrogens (tertiary/aromatic N) is 2. The molecule has 1 heterocycles. The molecular weight excluding hydrogens is 340 g/mol. The van der Waals surface area contributed by atoms with Crippen molar-refractivity contribution in [2.45, 2.75) is 33.9 Å². The third-order valence-electron chi connectivity index (χ3n) is 4.16. The summed E-state index contributed by atoms with van der Waals surface area (Å²) in [6, 6.07) is 14.9. The van der Waals surface area contributed by atoms with Crippen LogP contribution < -0.4 is 10.6 Å². The summed E-state index contributed by atoms with van der Waals surface area (Å²) in [4.78, 5) is 23.5. The Morgan fingerprint density at radius 1 is 1.07 bits per heavy atom. The van der Waals surface area contributed by atoms with Crippen molar-refractivity contribution in [2.24, 2.45) is 5.92 Å². The number of hydrogen-bond acceptors (Lipinski definition) is 3. The number of carbonyl (C=O) groups is 2. The van der Waals surface area contributed by atoms with Crippen LogP contribution in [0.4, 0.5) is 5.69 Å². The molecule has 3 rings (SSSR count). The molecule has 0 fully saturated rings. The van der Waals surface area contributed by atoms with Crippen LogP contribution in [0.1, 0.15) is 36.8 Å². The Labute approximate surface area is 158 Å². The molecule has 0 unspecified atom stereocenters. The van der Waals surface area contributed by atoms with Gasteiger partial charge in [0, 0.05) is 30.1 Å². The molecule has 0 aliphatic rings. The summed E-state index contributed by atoms with van der Waals surface area (Å²) in [6.45, 7) is 6.95. The number of anilines is 1. The van der Waals surface area contributed by atoms with Crippen molar-refractivity contribution >= 4 is 28.4 Å². The number of hydrogen-bond donors (Lipinski definition) is 2. The van der Waals surface area contributed by atoms with Crippen LogP contribution in [0.25, 0.3) is 10.9 Å². The first-order valence-corrected chi connectivity index (χ1v) is 9.04. The highest BCUT2D eigenvalue weighted by Gasteiger charge is 2.13. The second kappa shape index (κ2) is 8.03. The molecule has 0 radical (unpaired) electrons. The molecule has 6 nitrogen and oxygen atoms in total. The molecule has 2 aromatic carbocycles. The van der Waals surface area contributed by atoms with Gasteiger partial charge in [-0.25, -0.2) is 0 Å². The lowest BCUT2D eigenvalue weighted by molar-refractivity contribution is -0.114. The summed E-state index contributed by atoms with van der Waals surface area (Å²) < 4.78 is 2.00. The van der Waals surface area contributed by atoms with Gasteiger partial charge in [-0.2, -0.15) is 5.10 Å². The molecule has 27 heavy (non-hydrogen) atoms. The molecule has 0 spiro atoms. The number of carbonyl (C=O) groups excluding carboxylic acids is 2. The van der Waals surface area contributed by atoms with Crippen molar-refractivity contribution in [3.63, 3.8) is 0 Å². The molecule has 2 N–H and O–H groups in total. The minimum atomic E-state index is -0.174. The first kappa shape index (κ1) is 18.6. The lowest BCUT2D eigenvalue weighted by Gasteiger charge is -2.06. The van der Waals surface area contributed by atoms with Crippen LogP contribution in [-0.2, 0) is 17.9 Å². The second-order valence-electron chi connectivity index (χ2n) is 6.98. The van der Waals surface area contributed by atoms with E-state index < -0.39 is 0 Å². The van der Waals surface area contributed by atoms with Crippen molar-refractivity contribution in [1.29, 1.82) is 0 Å². The van der Waals surface area contributed by atoms with Gasteiger partial charge in [-0.1, -0.05) is 32.0 Å². The van der Waals surface area contributed by atoms with Crippen LogP contribution >= 0.6 is 0 Å². The third kappa shape index (κ3) is 4.53. The monoisotopic (exact) mass is 364 g/mol. The first-order chi connectivity index (χ1) is 12.9. The average Bonchev–Trinajstić information content (AvgIpc) is 2.97. The van der Waals surface area contributed by atoms with E-state index in [1.54, 1.807) is 24.3 Å². The molecule has 1 aromatic heterocycles. The maximum atomic E-state index is 12.4. The van der Waals surface area contributed by atoms with E-state index in [4.69, 9.17) is 5.10 Å². The highest BCUT2D eigenvalue weighted by atomic mass is 16.2. The number of amides is 2. The molecule has 0 atom stereocenters. The summed E-state index contributed by atoms with van der Waals surface area (Å²) in [5.74, 6) is 0.167. The minimum Gasteiger partial charge on any atom is -0.346 e. The number of rotatable bonds is 6. The van der Waals surface area contributed by atoms with Crippen LogP contribution in [0.5, 0.6) is 0 Å². The maximum Gasteiger partial charge on any atom is 0.251 e. The SMILES string of the molecule is CC(=O)Nc1ccc(C(=O)NCc2nn(CC(C)C)c3ccccc23)cc1. The predicted octanol–water partition coefficient (Wildman–Crippen LogP) is 3.58. The molecule has 0 aliphatic carbocycles. The van der Waals surface area contributed by atoms with Gasteiger partial charge < -0.3 is 10.6 Å². The molecule has 0 saturated carbocycles. The zero-order valence-corrected chi connectivity index (χ0v) is 15.8. The van der Waals surface area contributed by atoms with Gasteiger partial charge in [0.25, 0.3) is 5.91 Å². The molecule has 0 bridgehead atoms. The van der Waals surface area contributed by atoms with Gasteiger partial charge in [-0.05, 0) is 36.2 Å². The zero-order valence-electron chi connectivity index (χ0n) is 15.8. The molecule has 3 aromatic rings. The second-order valence-corrected chi connectivity index (χ2v) is 6.98. The van der Waals surface area contributed by atoms with Crippen molar-refractivity contribution in [1.82, 2.24) is 15.1 Å². The number of benzene rings is 2. The first-order valence-electron chi connectivity index (χ1n) is 9.04. The van der Waals surface area contributed by atoms with Gasteiger partial charge in [-0.3, -0.25) is 14.3 Å². The summed E-state index contributed by atoms with van der Waals surface area (Å²) in [5.41, 5.74) is 3.14. The van der Waals surface area contributed by atoms with Crippen LogP contribution in [0.3, 0.4) is 0 Å². The van der Waals surface area contributed by atoms with E-state index in [0.717, 1.165) is 23.1 Å². The normalized spacial score (nSPS) is 11.0. The number of para-hydroxylation sites is 1. The molecule has 6 heteroatoms. The predicted molar refractivity (Wildman–Crippen MR) is 106 cm³/mol. The van der Waals surface area contributed by atoms with Crippen molar-refractivity contribution in [3.8, 4) is 0 Å². The molecule has 0 aliphatic heterocycles.